The average Bonchev–Trinajstić information content (AvgIpc) is 2.58. The van der Waals surface area contributed by atoms with Gasteiger partial charge in [0.2, 0.25) is 11.9 Å². The van der Waals surface area contributed by atoms with Crippen LogP contribution in [-0.2, 0) is 13.1 Å². The predicted molar refractivity (Wildman–Crippen MR) is 105 cm³/mol. The Morgan fingerprint density at radius 3 is 2.31 bits per heavy atom. The van der Waals surface area contributed by atoms with Crippen molar-refractivity contribution in [2.24, 2.45) is 0 Å². The molecule has 0 amide bonds. The standard InChI is InChI=1S/C20H24N6/c1-14-8-4-6-10-16(14)12-26(3)13-18-23-19(21)25-20(24-18)22-17-11-7-5-9-15(17)2/h4-11H,12-13H2,1-3H3,(H3,21,22,23,24,25). The summed E-state index contributed by atoms with van der Waals surface area (Å²) in [5.74, 6) is 1.33. The molecule has 0 bridgehead atoms. The molecule has 6 heteroatoms. The fourth-order valence-electron chi connectivity index (χ4n) is 2.77. The first-order valence-electron chi connectivity index (χ1n) is 8.57. The highest BCUT2D eigenvalue weighted by Crippen LogP contribution is 2.18. The molecule has 0 aliphatic carbocycles. The van der Waals surface area contributed by atoms with E-state index in [0.29, 0.717) is 18.3 Å². The van der Waals surface area contributed by atoms with Crippen LogP contribution in [0.15, 0.2) is 48.5 Å². The Kier molecular flexibility index (Phi) is 5.43. The highest BCUT2D eigenvalue weighted by atomic mass is 15.2. The van der Waals surface area contributed by atoms with Crippen LogP contribution in [0.5, 0.6) is 0 Å². The minimum absolute atomic E-state index is 0.218. The lowest BCUT2D eigenvalue weighted by Crippen LogP contribution is -2.20. The number of para-hydroxylation sites is 1. The summed E-state index contributed by atoms with van der Waals surface area (Å²) in [5.41, 5.74) is 10.5. The summed E-state index contributed by atoms with van der Waals surface area (Å²) in [4.78, 5) is 15.2. The molecular weight excluding hydrogens is 324 g/mol. The maximum Gasteiger partial charge on any atom is 0.232 e. The minimum Gasteiger partial charge on any atom is -0.368 e. The van der Waals surface area contributed by atoms with Crippen LogP contribution in [0.1, 0.15) is 22.5 Å². The van der Waals surface area contributed by atoms with Crippen LogP contribution in [0.25, 0.3) is 0 Å². The van der Waals surface area contributed by atoms with Gasteiger partial charge in [0.25, 0.3) is 0 Å². The molecule has 1 heterocycles. The number of nitrogen functional groups attached to an aromatic ring is 1. The fourth-order valence-corrected chi connectivity index (χ4v) is 2.77. The first-order chi connectivity index (χ1) is 12.5. The number of rotatable bonds is 6. The molecule has 0 radical (unpaired) electrons. The lowest BCUT2D eigenvalue weighted by atomic mass is 10.1. The lowest BCUT2D eigenvalue weighted by molar-refractivity contribution is 0.310. The van der Waals surface area contributed by atoms with Crippen LogP contribution in [0, 0.1) is 13.8 Å². The second kappa shape index (κ2) is 7.93. The van der Waals surface area contributed by atoms with Gasteiger partial charge in [-0.1, -0.05) is 42.5 Å². The van der Waals surface area contributed by atoms with E-state index in [2.05, 4.69) is 56.4 Å². The Labute approximate surface area is 154 Å². The third kappa shape index (κ3) is 4.55. The van der Waals surface area contributed by atoms with Gasteiger partial charge in [-0.05, 0) is 43.7 Å². The minimum atomic E-state index is 0.218. The number of aromatic nitrogens is 3. The van der Waals surface area contributed by atoms with Crippen molar-refractivity contribution >= 4 is 17.6 Å². The Bertz CT molecular complexity index is 893. The molecule has 1 aromatic heterocycles. The molecule has 0 saturated carbocycles. The van der Waals surface area contributed by atoms with Crippen molar-refractivity contribution in [1.29, 1.82) is 0 Å². The van der Waals surface area contributed by atoms with Gasteiger partial charge in [-0.2, -0.15) is 15.0 Å². The Hall–Kier alpha value is -2.99. The van der Waals surface area contributed by atoms with Gasteiger partial charge in [-0.3, -0.25) is 4.90 Å². The number of benzene rings is 2. The molecule has 3 N–H and O–H groups in total. The van der Waals surface area contributed by atoms with Crippen molar-refractivity contribution in [2.45, 2.75) is 26.9 Å². The highest BCUT2D eigenvalue weighted by molar-refractivity contribution is 5.58. The number of nitrogens with one attached hydrogen (secondary N) is 1. The van der Waals surface area contributed by atoms with Gasteiger partial charge in [-0.25, -0.2) is 0 Å². The maximum absolute atomic E-state index is 5.88. The summed E-state index contributed by atoms with van der Waals surface area (Å²) in [6.07, 6.45) is 0. The van der Waals surface area contributed by atoms with E-state index in [1.165, 1.54) is 11.1 Å². The van der Waals surface area contributed by atoms with Crippen LogP contribution < -0.4 is 11.1 Å². The zero-order valence-electron chi connectivity index (χ0n) is 15.4. The van der Waals surface area contributed by atoms with Crippen LogP contribution in [0.2, 0.25) is 0 Å². The SMILES string of the molecule is Cc1ccccc1CN(C)Cc1nc(N)nc(Nc2ccccc2C)n1. The van der Waals surface area contributed by atoms with Gasteiger partial charge in [0.05, 0.1) is 6.54 Å². The van der Waals surface area contributed by atoms with E-state index in [1.807, 2.05) is 38.2 Å². The van der Waals surface area contributed by atoms with Crippen molar-refractivity contribution in [2.75, 3.05) is 18.1 Å². The second-order valence-corrected chi connectivity index (χ2v) is 6.47. The quantitative estimate of drug-likeness (QED) is 0.710. The van der Waals surface area contributed by atoms with E-state index < -0.39 is 0 Å². The van der Waals surface area contributed by atoms with Gasteiger partial charge in [0, 0.05) is 12.2 Å². The van der Waals surface area contributed by atoms with Gasteiger partial charge in [-0.15, -0.1) is 0 Å². The second-order valence-electron chi connectivity index (χ2n) is 6.47. The number of aryl methyl sites for hydroxylation is 2. The molecule has 3 rings (SSSR count). The smallest absolute Gasteiger partial charge is 0.232 e. The van der Waals surface area contributed by atoms with E-state index in [-0.39, 0.29) is 5.95 Å². The monoisotopic (exact) mass is 348 g/mol. The summed E-state index contributed by atoms with van der Waals surface area (Å²) in [5, 5.41) is 3.22. The summed E-state index contributed by atoms with van der Waals surface area (Å²) in [6, 6.07) is 16.3. The highest BCUT2D eigenvalue weighted by Gasteiger charge is 2.10. The predicted octanol–water partition coefficient (Wildman–Crippen LogP) is 3.45. The van der Waals surface area contributed by atoms with Crippen molar-refractivity contribution in [3.8, 4) is 0 Å². The third-order valence-corrected chi connectivity index (χ3v) is 4.20. The molecule has 0 atom stereocenters. The van der Waals surface area contributed by atoms with E-state index in [9.17, 15) is 0 Å². The van der Waals surface area contributed by atoms with Gasteiger partial charge in [0.1, 0.15) is 5.82 Å². The lowest BCUT2D eigenvalue weighted by Gasteiger charge is -2.17. The molecule has 0 saturated heterocycles. The Morgan fingerprint density at radius 1 is 0.885 bits per heavy atom. The number of nitrogens with zero attached hydrogens (tertiary/aromatic N) is 4. The summed E-state index contributed by atoms with van der Waals surface area (Å²) < 4.78 is 0. The summed E-state index contributed by atoms with van der Waals surface area (Å²) in [6.45, 7) is 5.56. The Morgan fingerprint density at radius 2 is 1.58 bits per heavy atom. The number of anilines is 3. The maximum atomic E-state index is 5.88. The normalized spacial score (nSPS) is 10.9. The molecule has 6 nitrogen and oxygen atoms in total. The topological polar surface area (TPSA) is 80.0 Å². The van der Waals surface area contributed by atoms with Gasteiger partial charge in [0.15, 0.2) is 0 Å². The number of hydrogen-bond donors (Lipinski definition) is 2. The molecule has 0 spiro atoms. The zero-order chi connectivity index (χ0) is 18.5. The van der Waals surface area contributed by atoms with E-state index in [1.54, 1.807) is 0 Å². The third-order valence-electron chi connectivity index (χ3n) is 4.20. The molecule has 0 aliphatic rings. The molecule has 2 aromatic carbocycles. The largest absolute Gasteiger partial charge is 0.368 e. The first kappa shape index (κ1) is 17.8. The van der Waals surface area contributed by atoms with Crippen molar-refractivity contribution in [3.63, 3.8) is 0 Å². The molecule has 26 heavy (non-hydrogen) atoms. The van der Waals surface area contributed by atoms with Gasteiger partial charge < -0.3 is 11.1 Å². The molecule has 0 fully saturated rings. The zero-order valence-corrected chi connectivity index (χ0v) is 15.4. The number of nitrogens with two attached hydrogens (primary N) is 1. The Balaban J connectivity index is 1.73. The molecular formula is C20H24N6. The number of hydrogen-bond acceptors (Lipinski definition) is 6. The molecule has 3 aromatic rings. The average molecular weight is 348 g/mol. The fraction of sp³-hybridized carbons (Fsp3) is 0.250. The van der Waals surface area contributed by atoms with Crippen LogP contribution in [-0.4, -0.2) is 26.9 Å². The van der Waals surface area contributed by atoms with E-state index in [4.69, 9.17) is 5.73 Å². The summed E-state index contributed by atoms with van der Waals surface area (Å²) in [7, 11) is 2.04. The van der Waals surface area contributed by atoms with Crippen LogP contribution in [0.3, 0.4) is 0 Å². The first-order valence-corrected chi connectivity index (χ1v) is 8.57. The van der Waals surface area contributed by atoms with E-state index >= 15 is 0 Å². The van der Waals surface area contributed by atoms with Crippen LogP contribution >= 0.6 is 0 Å². The van der Waals surface area contributed by atoms with Crippen molar-refractivity contribution < 1.29 is 0 Å². The van der Waals surface area contributed by atoms with E-state index in [0.717, 1.165) is 17.8 Å². The molecule has 134 valence electrons. The van der Waals surface area contributed by atoms with Crippen molar-refractivity contribution in [1.82, 2.24) is 19.9 Å². The van der Waals surface area contributed by atoms with Gasteiger partial charge >= 0.3 is 0 Å². The molecule has 0 unspecified atom stereocenters. The van der Waals surface area contributed by atoms with Crippen molar-refractivity contribution in [3.05, 3.63) is 71.0 Å². The molecule has 0 aliphatic heterocycles. The van der Waals surface area contributed by atoms with Crippen LogP contribution in [0.4, 0.5) is 17.6 Å². The summed E-state index contributed by atoms with van der Waals surface area (Å²) >= 11 is 0.